The van der Waals surface area contributed by atoms with E-state index in [4.69, 9.17) is 4.74 Å². The first kappa shape index (κ1) is 11.4. The number of hydrogen-bond acceptors (Lipinski definition) is 2. The highest BCUT2D eigenvalue weighted by Crippen LogP contribution is 2.24. The normalized spacial score (nSPS) is 20.8. The van der Waals surface area contributed by atoms with Crippen molar-refractivity contribution in [3.05, 3.63) is 29.6 Å². The van der Waals surface area contributed by atoms with Crippen LogP contribution in [-0.2, 0) is 6.42 Å². The molecule has 1 unspecified atom stereocenters. The van der Waals surface area contributed by atoms with Crippen molar-refractivity contribution in [2.45, 2.75) is 19.3 Å². The van der Waals surface area contributed by atoms with E-state index in [1.54, 1.807) is 6.07 Å². The molecule has 1 fully saturated rings. The maximum absolute atomic E-state index is 13.9. The summed E-state index contributed by atoms with van der Waals surface area (Å²) in [4.78, 5) is 0. The lowest BCUT2D eigenvalue weighted by Crippen LogP contribution is -2.31. The number of rotatable bonds is 3. The molecule has 1 heterocycles. The Kier molecular flexibility index (Phi) is 3.78. The van der Waals surface area contributed by atoms with Gasteiger partial charge in [-0.2, -0.15) is 0 Å². The van der Waals surface area contributed by atoms with Crippen molar-refractivity contribution in [2.24, 2.45) is 5.92 Å². The van der Waals surface area contributed by atoms with Crippen LogP contribution in [0.25, 0.3) is 0 Å². The number of nitrogens with one attached hydrogen (secondary N) is 1. The van der Waals surface area contributed by atoms with Gasteiger partial charge in [0.1, 0.15) is 0 Å². The average Bonchev–Trinajstić information content (AvgIpc) is 2.33. The Bertz CT molecular complexity index is 348. The van der Waals surface area contributed by atoms with E-state index in [1.165, 1.54) is 20.0 Å². The molecule has 0 saturated carbocycles. The van der Waals surface area contributed by atoms with Gasteiger partial charge in [0.25, 0.3) is 0 Å². The second-order valence-electron chi connectivity index (χ2n) is 4.35. The summed E-state index contributed by atoms with van der Waals surface area (Å²) < 4.78 is 18.9. The van der Waals surface area contributed by atoms with Crippen LogP contribution in [-0.4, -0.2) is 20.2 Å². The van der Waals surface area contributed by atoms with Gasteiger partial charge in [-0.3, -0.25) is 0 Å². The van der Waals surface area contributed by atoms with Crippen molar-refractivity contribution in [1.82, 2.24) is 5.32 Å². The molecule has 1 atom stereocenters. The van der Waals surface area contributed by atoms with Crippen molar-refractivity contribution < 1.29 is 9.13 Å². The van der Waals surface area contributed by atoms with Crippen molar-refractivity contribution in [3.8, 4) is 5.75 Å². The molecule has 16 heavy (non-hydrogen) atoms. The molecule has 1 N–H and O–H groups in total. The number of benzene rings is 1. The van der Waals surface area contributed by atoms with Gasteiger partial charge in [-0.1, -0.05) is 12.1 Å². The zero-order valence-corrected chi connectivity index (χ0v) is 9.63. The van der Waals surface area contributed by atoms with E-state index in [9.17, 15) is 4.39 Å². The quantitative estimate of drug-likeness (QED) is 0.849. The first-order valence-corrected chi connectivity index (χ1v) is 5.83. The smallest absolute Gasteiger partial charge is 0.168 e. The zero-order valence-electron chi connectivity index (χ0n) is 9.63. The lowest BCUT2D eigenvalue weighted by atomic mass is 9.92. The van der Waals surface area contributed by atoms with Crippen LogP contribution in [0.1, 0.15) is 18.4 Å². The van der Waals surface area contributed by atoms with E-state index in [0.29, 0.717) is 11.7 Å². The van der Waals surface area contributed by atoms with Gasteiger partial charge in [0.15, 0.2) is 11.6 Å². The Labute approximate surface area is 95.8 Å². The molecule has 1 aliphatic heterocycles. The minimum atomic E-state index is -0.199. The molecule has 1 aromatic rings. The monoisotopic (exact) mass is 223 g/mol. The van der Waals surface area contributed by atoms with Crippen LogP contribution in [0.4, 0.5) is 4.39 Å². The largest absolute Gasteiger partial charge is 0.494 e. The number of methoxy groups -OCH3 is 1. The van der Waals surface area contributed by atoms with Crippen LogP contribution in [0, 0.1) is 11.7 Å². The molecule has 0 aliphatic carbocycles. The molecule has 0 aromatic heterocycles. The minimum Gasteiger partial charge on any atom is -0.494 e. The third-order valence-corrected chi connectivity index (χ3v) is 3.17. The van der Waals surface area contributed by atoms with E-state index >= 15 is 0 Å². The maximum Gasteiger partial charge on any atom is 0.168 e. The SMILES string of the molecule is COc1cccc(CC2CCCNC2)c1F. The van der Waals surface area contributed by atoms with Gasteiger partial charge in [0, 0.05) is 0 Å². The van der Waals surface area contributed by atoms with Gasteiger partial charge in [0.2, 0.25) is 0 Å². The van der Waals surface area contributed by atoms with E-state index < -0.39 is 0 Å². The van der Waals surface area contributed by atoms with E-state index in [1.807, 2.05) is 12.1 Å². The van der Waals surface area contributed by atoms with E-state index in [2.05, 4.69) is 5.32 Å². The maximum atomic E-state index is 13.9. The molecule has 2 nitrogen and oxygen atoms in total. The average molecular weight is 223 g/mol. The molecule has 0 bridgehead atoms. The molecule has 2 rings (SSSR count). The van der Waals surface area contributed by atoms with Gasteiger partial charge in [-0.05, 0) is 49.9 Å². The molecular formula is C13H18FNO. The molecule has 0 amide bonds. The third kappa shape index (κ3) is 2.53. The summed E-state index contributed by atoms with van der Waals surface area (Å²) in [7, 11) is 1.50. The molecule has 3 heteroatoms. The molecule has 0 radical (unpaired) electrons. The molecule has 1 aliphatic rings. The summed E-state index contributed by atoms with van der Waals surface area (Å²) >= 11 is 0. The number of piperidine rings is 1. The topological polar surface area (TPSA) is 21.3 Å². The van der Waals surface area contributed by atoms with Gasteiger partial charge in [-0.25, -0.2) is 4.39 Å². The Balaban J connectivity index is 2.08. The lowest BCUT2D eigenvalue weighted by Gasteiger charge is -2.23. The summed E-state index contributed by atoms with van der Waals surface area (Å²) in [5.41, 5.74) is 0.771. The highest BCUT2D eigenvalue weighted by atomic mass is 19.1. The third-order valence-electron chi connectivity index (χ3n) is 3.17. The lowest BCUT2D eigenvalue weighted by molar-refractivity contribution is 0.361. The molecule has 1 saturated heterocycles. The van der Waals surface area contributed by atoms with Crippen molar-refractivity contribution >= 4 is 0 Å². The van der Waals surface area contributed by atoms with Crippen LogP contribution < -0.4 is 10.1 Å². The first-order chi connectivity index (χ1) is 7.81. The summed E-state index contributed by atoms with van der Waals surface area (Å²) in [5.74, 6) is 0.701. The number of halogens is 1. The summed E-state index contributed by atoms with van der Waals surface area (Å²) in [6.07, 6.45) is 3.18. The fourth-order valence-corrected chi connectivity index (χ4v) is 2.28. The highest BCUT2D eigenvalue weighted by molar-refractivity contribution is 5.31. The van der Waals surface area contributed by atoms with Crippen molar-refractivity contribution in [3.63, 3.8) is 0 Å². The summed E-state index contributed by atoms with van der Waals surface area (Å²) in [6.45, 7) is 2.09. The van der Waals surface area contributed by atoms with Gasteiger partial charge in [0.05, 0.1) is 7.11 Å². The van der Waals surface area contributed by atoms with Crippen LogP contribution in [0.5, 0.6) is 5.75 Å². The van der Waals surface area contributed by atoms with Gasteiger partial charge < -0.3 is 10.1 Å². The Morgan fingerprint density at radius 3 is 3.06 bits per heavy atom. The van der Waals surface area contributed by atoms with Gasteiger partial charge >= 0.3 is 0 Å². The van der Waals surface area contributed by atoms with E-state index in [0.717, 1.165) is 25.1 Å². The minimum absolute atomic E-state index is 0.199. The predicted octanol–water partition coefficient (Wildman–Crippen LogP) is 2.38. The first-order valence-electron chi connectivity index (χ1n) is 5.83. The van der Waals surface area contributed by atoms with Crippen molar-refractivity contribution in [1.29, 1.82) is 0 Å². The number of ether oxygens (including phenoxy) is 1. The van der Waals surface area contributed by atoms with Crippen LogP contribution >= 0.6 is 0 Å². The molecular weight excluding hydrogens is 205 g/mol. The Morgan fingerprint density at radius 1 is 1.50 bits per heavy atom. The van der Waals surface area contributed by atoms with E-state index in [-0.39, 0.29) is 5.82 Å². The Morgan fingerprint density at radius 2 is 2.38 bits per heavy atom. The highest BCUT2D eigenvalue weighted by Gasteiger charge is 2.16. The van der Waals surface area contributed by atoms with Crippen LogP contribution in [0.3, 0.4) is 0 Å². The fraction of sp³-hybridized carbons (Fsp3) is 0.538. The standard InChI is InChI=1S/C13H18FNO/c1-16-12-6-2-5-11(13(12)14)8-10-4-3-7-15-9-10/h2,5-6,10,15H,3-4,7-9H2,1H3. The Hall–Kier alpha value is -1.09. The summed E-state index contributed by atoms with van der Waals surface area (Å²) in [6, 6.07) is 5.37. The predicted molar refractivity (Wildman–Crippen MR) is 62.2 cm³/mol. The molecule has 0 spiro atoms. The fourth-order valence-electron chi connectivity index (χ4n) is 2.28. The van der Waals surface area contributed by atoms with Gasteiger partial charge in [-0.15, -0.1) is 0 Å². The zero-order chi connectivity index (χ0) is 11.4. The van der Waals surface area contributed by atoms with Crippen molar-refractivity contribution in [2.75, 3.05) is 20.2 Å². The second-order valence-corrected chi connectivity index (χ2v) is 4.35. The van der Waals surface area contributed by atoms with Crippen LogP contribution in [0.15, 0.2) is 18.2 Å². The molecule has 1 aromatic carbocycles. The second kappa shape index (κ2) is 5.30. The number of hydrogen-bond donors (Lipinski definition) is 1. The summed E-state index contributed by atoms with van der Waals surface area (Å²) in [5, 5.41) is 3.35. The molecule has 88 valence electrons. The van der Waals surface area contributed by atoms with Crippen LogP contribution in [0.2, 0.25) is 0 Å².